The van der Waals surface area contributed by atoms with Crippen molar-refractivity contribution in [3.63, 3.8) is 0 Å². The van der Waals surface area contributed by atoms with Gasteiger partial charge >= 0.3 is 6.18 Å². The molecule has 1 aliphatic heterocycles. The van der Waals surface area contributed by atoms with E-state index in [4.69, 9.17) is 4.74 Å². The first-order chi connectivity index (χ1) is 8.86. The summed E-state index contributed by atoms with van der Waals surface area (Å²) in [6, 6.07) is 1.76. The number of alkyl halides is 3. The van der Waals surface area contributed by atoms with Gasteiger partial charge in [-0.25, -0.2) is 4.98 Å². The number of likely N-dealkylation sites (tertiary alicyclic amines) is 1. The molecule has 1 amide bonds. The zero-order valence-electron chi connectivity index (χ0n) is 10.3. The van der Waals surface area contributed by atoms with E-state index in [1.54, 1.807) is 4.90 Å². The first-order valence-corrected chi connectivity index (χ1v) is 5.81. The van der Waals surface area contributed by atoms with Gasteiger partial charge in [0.1, 0.15) is 6.10 Å². The quantitative estimate of drug-likeness (QED) is 0.829. The van der Waals surface area contributed by atoms with Gasteiger partial charge in [-0.2, -0.15) is 13.2 Å². The van der Waals surface area contributed by atoms with E-state index in [0.717, 1.165) is 18.3 Å². The van der Waals surface area contributed by atoms with Crippen molar-refractivity contribution in [2.75, 3.05) is 13.1 Å². The van der Waals surface area contributed by atoms with Gasteiger partial charge in [-0.05, 0) is 6.07 Å². The Hall–Kier alpha value is -1.79. The van der Waals surface area contributed by atoms with Crippen LogP contribution in [0.3, 0.4) is 0 Å². The SMILES string of the molecule is CC(=O)N1CC[C@H](Oc2cc(C(F)(F)F)ccn2)C1. The molecule has 1 aromatic heterocycles. The van der Waals surface area contributed by atoms with Crippen LogP contribution in [0.5, 0.6) is 5.88 Å². The van der Waals surface area contributed by atoms with E-state index < -0.39 is 11.7 Å². The van der Waals surface area contributed by atoms with Crippen molar-refractivity contribution < 1.29 is 22.7 Å². The van der Waals surface area contributed by atoms with E-state index in [0.29, 0.717) is 19.5 Å². The molecule has 0 aromatic carbocycles. The van der Waals surface area contributed by atoms with Gasteiger partial charge < -0.3 is 9.64 Å². The Bertz CT molecular complexity index is 476. The molecule has 1 fully saturated rings. The van der Waals surface area contributed by atoms with Crippen LogP contribution in [0, 0.1) is 0 Å². The lowest BCUT2D eigenvalue weighted by molar-refractivity contribution is -0.137. The molecule has 0 saturated carbocycles. The summed E-state index contributed by atoms with van der Waals surface area (Å²) in [5.41, 5.74) is -0.793. The fourth-order valence-electron chi connectivity index (χ4n) is 1.93. The zero-order valence-corrected chi connectivity index (χ0v) is 10.3. The topological polar surface area (TPSA) is 42.4 Å². The number of carbonyl (C=O) groups excluding carboxylic acids is 1. The molecule has 4 nitrogen and oxygen atoms in total. The molecule has 0 spiro atoms. The summed E-state index contributed by atoms with van der Waals surface area (Å²) in [6.07, 6.45) is -3.06. The van der Waals surface area contributed by atoms with E-state index >= 15 is 0 Å². The third kappa shape index (κ3) is 3.36. The first-order valence-electron chi connectivity index (χ1n) is 5.81. The molecule has 104 valence electrons. The fraction of sp³-hybridized carbons (Fsp3) is 0.500. The number of rotatable bonds is 2. The second-order valence-electron chi connectivity index (χ2n) is 4.37. The molecule has 19 heavy (non-hydrogen) atoms. The first kappa shape index (κ1) is 13.6. The van der Waals surface area contributed by atoms with Gasteiger partial charge in [0.2, 0.25) is 11.8 Å². The van der Waals surface area contributed by atoms with Crippen molar-refractivity contribution in [2.24, 2.45) is 0 Å². The highest BCUT2D eigenvalue weighted by Crippen LogP contribution is 2.30. The van der Waals surface area contributed by atoms with Crippen LogP contribution in [-0.2, 0) is 11.0 Å². The Balaban J connectivity index is 2.03. The van der Waals surface area contributed by atoms with Gasteiger partial charge in [-0.1, -0.05) is 0 Å². The normalized spacial score (nSPS) is 19.6. The third-order valence-electron chi connectivity index (χ3n) is 2.94. The summed E-state index contributed by atoms with van der Waals surface area (Å²) in [6.45, 7) is 2.39. The monoisotopic (exact) mass is 274 g/mol. The Morgan fingerprint density at radius 1 is 1.53 bits per heavy atom. The van der Waals surface area contributed by atoms with Gasteiger partial charge in [0, 0.05) is 32.2 Å². The van der Waals surface area contributed by atoms with Crippen molar-refractivity contribution in [1.29, 1.82) is 0 Å². The smallest absolute Gasteiger partial charge is 0.416 e. The van der Waals surface area contributed by atoms with E-state index in [-0.39, 0.29) is 17.9 Å². The summed E-state index contributed by atoms with van der Waals surface area (Å²) < 4.78 is 42.9. The third-order valence-corrected chi connectivity index (χ3v) is 2.94. The molecule has 1 aromatic rings. The molecule has 1 saturated heterocycles. The van der Waals surface area contributed by atoms with Crippen molar-refractivity contribution in [1.82, 2.24) is 9.88 Å². The largest absolute Gasteiger partial charge is 0.472 e. The Labute approximate surface area is 108 Å². The van der Waals surface area contributed by atoms with Crippen LogP contribution in [0.25, 0.3) is 0 Å². The Morgan fingerprint density at radius 3 is 2.84 bits per heavy atom. The molecule has 7 heteroatoms. The molecule has 0 aliphatic carbocycles. The summed E-state index contributed by atoms with van der Waals surface area (Å²) >= 11 is 0. The highest BCUT2D eigenvalue weighted by atomic mass is 19.4. The van der Waals surface area contributed by atoms with Crippen LogP contribution >= 0.6 is 0 Å². The number of nitrogens with zero attached hydrogens (tertiary/aromatic N) is 2. The molecule has 0 bridgehead atoms. The zero-order chi connectivity index (χ0) is 14.0. The molecule has 1 atom stereocenters. The summed E-state index contributed by atoms with van der Waals surface area (Å²) in [7, 11) is 0. The van der Waals surface area contributed by atoms with Gasteiger partial charge in [-0.3, -0.25) is 4.79 Å². The number of halogens is 3. The Kier molecular flexibility index (Phi) is 3.64. The molecule has 2 rings (SSSR count). The number of pyridine rings is 1. The minimum Gasteiger partial charge on any atom is -0.472 e. The van der Waals surface area contributed by atoms with Crippen LogP contribution in [0.2, 0.25) is 0 Å². The average Bonchev–Trinajstić information content (AvgIpc) is 2.77. The average molecular weight is 274 g/mol. The van der Waals surface area contributed by atoms with E-state index in [9.17, 15) is 18.0 Å². The number of hydrogen-bond donors (Lipinski definition) is 0. The molecular formula is C12H13F3N2O2. The summed E-state index contributed by atoms with van der Waals surface area (Å²) in [4.78, 5) is 16.5. The van der Waals surface area contributed by atoms with Gasteiger partial charge in [-0.15, -0.1) is 0 Å². The molecular weight excluding hydrogens is 261 g/mol. The fourth-order valence-corrected chi connectivity index (χ4v) is 1.93. The summed E-state index contributed by atoms with van der Waals surface area (Å²) in [5.74, 6) is -0.131. The van der Waals surface area contributed by atoms with Crippen LogP contribution < -0.4 is 4.74 Å². The molecule has 2 heterocycles. The predicted octanol–water partition coefficient (Wildman–Crippen LogP) is 2.10. The van der Waals surface area contributed by atoms with Crippen LogP contribution in [0.15, 0.2) is 18.3 Å². The Morgan fingerprint density at radius 2 is 2.26 bits per heavy atom. The second kappa shape index (κ2) is 5.07. The minimum absolute atomic E-state index is 0.0646. The van der Waals surface area contributed by atoms with Crippen molar-refractivity contribution in [2.45, 2.75) is 25.6 Å². The van der Waals surface area contributed by atoms with E-state index in [1.807, 2.05) is 0 Å². The molecule has 0 N–H and O–H groups in total. The van der Waals surface area contributed by atoms with Crippen LogP contribution in [0.1, 0.15) is 18.9 Å². The lowest BCUT2D eigenvalue weighted by Crippen LogP contribution is -2.28. The molecule has 1 aliphatic rings. The number of aromatic nitrogens is 1. The highest BCUT2D eigenvalue weighted by Gasteiger charge is 2.32. The van der Waals surface area contributed by atoms with Crippen LogP contribution in [0.4, 0.5) is 13.2 Å². The number of hydrogen-bond acceptors (Lipinski definition) is 3. The second-order valence-corrected chi connectivity index (χ2v) is 4.37. The standard InChI is InChI=1S/C12H13F3N2O2/c1-8(18)17-5-3-10(7-17)19-11-6-9(2-4-16-11)12(13,14)15/h2,4,6,10H,3,5,7H2,1H3/t10-/m0/s1. The minimum atomic E-state index is -4.41. The van der Waals surface area contributed by atoms with Crippen molar-refractivity contribution in [3.8, 4) is 5.88 Å². The van der Waals surface area contributed by atoms with Crippen molar-refractivity contribution in [3.05, 3.63) is 23.9 Å². The van der Waals surface area contributed by atoms with E-state index in [1.165, 1.54) is 6.92 Å². The molecule has 0 radical (unpaired) electrons. The lowest BCUT2D eigenvalue weighted by atomic mass is 10.2. The highest BCUT2D eigenvalue weighted by molar-refractivity contribution is 5.73. The number of amides is 1. The maximum absolute atomic E-state index is 12.5. The van der Waals surface area contributed by atoms with Crippen molar-refractivity contribution >= 4 is 5.91 Å². The van der Waals surface area contributed by atoms with Gasteiger partial charge in [0.25, 0.3) is 0 Å². The maximum Gasteiger partial charge on any atom is 0.416 e. The molecule has 0 unspecified atom stereocenters. The summed E-state index contributed by atoms with van der Waals surface area (Å²) in [5, 5.41) is 0. The maximum atomic E-state index is 12.5. The predicted molar refractivity (Wildman–Crippen MR) is 60.5 cm³/mol. The van der Waals surface area contributed by atoms with Crippen LogP contribution in [-0.4, -0.2) is 35.0 Å². The lowest BCUT2D eigenvalue weighted by Gasteiger charge is -2.15. The number of ether oxygens (including phenoxy) is 1. The van der Waals surface area contributed by atoms with Gasteiger partial charge in [0.15, 0.2) is 0 Å². The van der Waals surface area contributed by atoms with E-state index in [2.05, 4.69) is 4.98 Å². The number of carbonyl (C=O) groups is 1. The van der Waals surface area contributed by atoms with Gasteiger partial charge in [0.05, 0.1) is 12.1 Å².